The topological polar surface area (TPSA) is 64.3 Å². The van der Waals surface area contributed by atoms with Crippen molar-refractivity contribution in [2.75, 3.05) is 18.6 Å². The Hall–Kier alpha value is -3.51. The lowest BCUT2D eigenvalue weighted by atomic mass is 10.1. The maximum Gasteiger partial charge on any atom is 0.416 e. The van der Waals surface area contributed by atoms with Gasteiger partial charge in [0, 0.05) is 17.1 Å². The number of nitrogens with zero attached hydrogens (tertiary/aromatic N) is 2. The van der Waals surface area contributed by atoms with Gasteiger partial charge in [0.25, 0.3) is 4.90 Å². The van der Waals surface area contributed by atoms with Gasteiger partial charge in [-0.1, -0.05) is 30.3 Å². The van der Waals surface area contributed by atoms with Crippen LogP contribution in [0.4, 0.5) is 26.3 Å². The van der Waals surface area contributed by atoms with Gasteiger partial charge in [0.1, 0.15) is 17.7 Å². The van der Waals surface area contributed by atoms with E-state index in [4.69, 9.17) is 4.74 Å². The summed E-state index contributed by atoms with van der Waals surface area (Å²) >= 11 is 0. The SMILES string of the molecule is C[S+](CCOCc1cc(C(F)(F)F)cc(C(F)(F)F)c1)c1c(O)c2cccnc2n(Cc2ccccc2)c1=O. The molecular formula is C27H23F6N2O3S+. The molecule has 0 aliphatic heterocycles. The van der Waals surface area contributed by atoms with Crippen molar-refractivity contribution in [3.8, 4) is 5.75 Å². The third-order valence-corrected chi connectivity index (χ3v) is 7.78. The van der Waals surface area contributed by atoms with Gasteiger partial charge >= 0.3 is 17.9 Å². The number of ether oxygens (including phenoxy) is 1. The van der Waals surface area contributed by atoms with E-state index < -0.39 is 46.5 Å². The van der Waals surface area contributed by atoms with Gasteiger partial charge in [0.2, 0.25) is 0 Å². The molecular weight excluding hydrogens is 546 g/mol. The number of pyridine rings is 2. The minimum absolute atomic E-state index is 0.0603. The molecule has 4 aromatic rings. The van der Waals surface area contributed by atoms with E-state index in [1.165, 1.54) is 10.8 Å². The van der Waals surface area contributed by atoms with E-state index in [9.17, 15) is 36.2 Å². The molecule has 1 unspecified atom stereocenters. The predicted molar refractivity (Wildman–Crippen MR) is 136 cm³/mol. The molecule has 0 saturated carbocycles. The molecule has 0 amide bonds. The van der Waals surface area contributed by atoms with E-state index >= 15 is 0 Å². The Morgan fingerprint density at radius 1 is 0.923 bits per heavy atom. The van der Waals surface area contributed by atoms with Gasteiger partial charge in [0.15, 0.2) is 5.75 Å². The summed E-state index contributed by atoms with van der Waals surface area (Å²) in [5, 5.41) is 11.3. The number of fused-ring (bicyclic) bond motifs is 1. The van der Waals surface area contributed by atoms with Gasteiger partial charge in [-0.3, -0.25) is 9.36 Å². The number of alkyl halides is 6. The van der Waals surface area contributed by atoms with E-state index in [0.29, 0.717) is 23.2 Å². The first-order valence-corrected chi connectivity index (χ1v) is 13.4. The van der Waals surface area contributed by atoms with Crippen molar-refractivity contribution >= 4 is 21.9 Å². The van der Waals surface area contributed by atoms with Crippen LogP contribution in [0.25, 0.3) is 11.0 Å². The molecule has 4 rings (SSSR count). The molecule has 206 valence electrons. The van der Waals surface area contributed by atoms with Crippen molar-refractivity contribution in [2.45, 2.75) is 30.4 Å². The summed E-state index contributed by atoms with van der Waals surface area (Å²) in [5.41, 5.74) is -2.40. The average Bonchev–Trinajstić information content (AvgIpc) is 2.88. The Labute approximate surface area is 222 Å². The Morgan fingerprint density at radius 3 is 2.18 bits per heavy atom. The van der Waals surface area contributed by atoms with Crippen molar-refractivity contribution in [2.24, 2.45) is 0 Å². The maximum atomic E-state index is 13.5. The fourth-order valence-electron chi connectivity index (χ4n) is 4.04. The lowest BCUT2D eigenvalue weighted by Gasteiger charge is -2.15. The summed E-state index contributed by atoms with van der Waals surface area (Å²) in [6.45, 7) is -0.346. The van der Waals surface area contributed by atoms with Gasteiger partial charge in [0.05, 0.1) is 36.3 Å². The quantitative estimate of drug-likeness (QED) is 0.160. The zero-order chi connectivity index (χ0) is 28.4. The largest absolute Gasteiger partial charge is 0.503 e. The van der Waals surface area contributed by atoms with Crippen LogP contribution in [-0.2, 0) is 41.1 Å². The van der Waals surface area contributed by atoms with E-state index in [0.717, 1.165) is 5.56 Å². The fraction of sp³-hybridized carbons (Fsp3) is 0.259. The van der Waals surface area contributed by atoms with Crippen molar-refractivity contribution in [3.05, 3.63) is 99.5 Å². The standard InChI is InChI=1S/C27H22F6N2O3S/c1-39(11-10-38-16-18-12-19(26(28,29)30)14-20(13-18)27(31,32)33)23-22(36)21-8-5-9-34-24(21)35(25(23)37)15-17-6-3-2-4-7-17/h2-9,12-14H,10-11,15-16H2,1H3/p+1. The second-order valence-corrected chi connectivity index (χ2v) is 10.8. The van der Waals surface area contributed by atoms with Crippen LogP contribution in [0.1, 0.15) is 22.3 Å². The average molecular weight is 570 g/mol. The number of aromatic hydroxyl groups is 1. The van der Waals surface area contributed by atoms with Crippen molar-refractivity contribution in [3.63, 3.8) is 0 Å². The van der Waals surface area contributed by atoms with E-state index in [1.807, 2.05) is 30.3 Å². The Balaban J connectivity index is 1.54. The Kier molecular flexibility index (Phi) is 8.26. The number of halogens is 6. The molecule has 0 fully saturated rings. The summed E-state index contributed by atoms with van der Waals surface area (Å²) in [6, 6.07) is 13.8. The molecule has 0 saturated heterocycles. The normalized spacial score (nSPS) is 13.1. The van der Waals surface area contributed by atoms with Gasteiger partial charge in [-0.05, 0) is 41.5 Å². The first-order valence-electron chi connectivity index (χ1n) is 11.6. The second kappa shape index (κ2) is 11.3. The van der Waals surface area contributed by atoms with Crippen LogP contribution in [-0.4, -0.2) is 33.3 Å². The molecule has 0 spiro atoms. The van der Waals surface area contributed by atoms with Gasteiger partial charge in [-0.2, -0.15) is 26.3 Å². The zero-order valence-corrected chi connectivity index (χ0v) is 21.3. The highest BCUT2D eigenvalue weighted by atomic mass is 32.2. The lowest BCUT2D eigenvalue weighted by molar-refractivity contribution is -0.143. The predicted octanol–water partition coefficient (Wildman–Crippen LogP) is 6.01. The van der Waals surface area contributed by atoms with Crippen molar-refractivity contribution < 1.29 is 36.2 Å². The molecule has 2 heterocycles. The summed E-state index contributed by atoms with van der Waals surface area (Å²) in [5.74, 6) is -0.0173. The van der Waals surface area contributed by atoms with Gasteiger partial charge in [-0.15, -0.1) is 0 Å². The van der Waals surface area contributed by atoms with Crippen LogP contribution in [0.2, 0.25) is 0 Å². The van der Waals surface area contributed by atoms with Gasteiger partial charge < -0.3 is 9.84 Å². The molecule has 2 aromatic carbocycles. The van der Waals surface area contributed by atoms with E-state index in [2.05, 4.69) is 4.98 Å². The highest BCUT2D eigenvalue weighted by molar-refractivity contribution is 7.96. The first-order chi connectivity index (χ1) is 18.4. The Bertz CT molecular complexity index is 1490. The number of aromatic nitrogens is 2. The van der Waals surface area contributed by atoms with Crippen molar-refractivity contribution in [1.29, 1.82) is 0 Å². The third-order valence-electron chi connectivity index (χ3n) is 5.93. The van der Waals surface area contributed by atoms with Crippen LogP contribution in [0.15, 0.2) is 76.6 Å². The van der Waals surface area contributed by atoms with E-state index in [-0.39, 0.29) is 41.2 Å². The summed E-state index contributed by atoms with van der Waals surface area (Å²) in [7, 11) is -0.872. The summed E-state index contributed by atoms with van der Waals surface area (Å²) < 4.78 is 85.5. The minimum atomic E-state index is -4.95. The number of rotatable bonds is 8. The lowest BCUT2D eigenvalue weighted by Crippen LogP contribution is -2.29. The van der Waals surface area contributed by atoms with Crippen LogP contribution in [0.5, 0.6) is 5.75 Å². The summed E-state index contributed by atoms with van der Waals surface area (Å²) in [6.07, 6.45) is -6.68. The zero-order valence-electron chi connectivity index (χ0n) is 20.5. The molecule has 1 N–H and O–H groups in total. The van der Waals surface area contributed by atoms with E-state index in [1.54, 1.807) is 18.4 Å². The van der Waals surface area contributed by atoms with Crippen LogP contribution < -0.4 is 5.56 Å². The maximum absolute atomic E-state index is 13.5. The molecule has 0 aliphatic rings. The monoisotopic (exact) mass is 569 g/mol. The highest BCUT2D eigenvalue weighted by Gasteiger charge is 2.37. The molecule has 0 aliphatic carbocycles. The molecule has 12 heteroatoms. The number of hydrogen-bond donors (Lipinski definition) is 1. The van der Waals surface area contributed by atoms with Crippen LogP contribution in [0.3, 0.4) is 0 Å². The smallest absolute Gasteiger partial charge is 0.416 e. The van der Waals surface area contributed by atoms with Crippen LogP contribution in [0, 0.1) is 0 Å². The molecule has 1 atom stereocenters. The molecule has 5 nitrogen and oxygen atoms in total. The third kappa shape index (κ3) is 6.56. The Morgan fingerprint density at radius 2 is 1.56 bits per heavy atom. The second-order valence-electron chi connectivity index (χ2n) is 8.74. The first kappa shape index (κ1) is 28.5. The number of hydrogen-bond acceptors (Lipinski definition) is 4. The van der Waals surface area contributed by atoms with Crippen molar-refractivity contribution in [1.82, 2.24) is 9.55 Å². The molecule has 0 bridgehead atoms. The van der Waals surface area contributed by atoms with Gasteiger partial charge in [-0.25, -0.2) is 4.98 Å². The number of benzene rings is 2. The fourth-order valence-corrected chi connectivity index (χ4v) is 5.46. The van der Waals surface area contributed by atoms with Crippen LogP contribution >= 0.6 is 0 Å². The minimum Gasteiger partial charge on any atom is -0.503 e. The molecule has 2 aromatic heterocycles. The summed E-state index contributed by atoms with van der Waals surface area (Å²) in [4.78, 5) is 17.9. The molecule has 39 heavy (non-hydrogen) atoms. The molecule has 0 radical (unpaired) electrons. The highest BCUT2D eigenvalue weighted by Crippen LogP contribution is 2.36.